The minimum absolute atomic E-state index is 0.171. The maximum atomic E-state index is 12.4. The third kappa shape index (κ3) is 4.16. The number of aliphatic carboxylic acids is 1. The highest BCUT2D eigenvalue weighted by Crippen LogP contribution is 2.33. The molecule has 2 unspecified atom stereocenters. The number of carboxylic acid groups (broad SMARTS) is 1. The molecule has 0 saturated carbocycles. The topological polar surface area (TPSA) is 95.9 Å². The van der Waals surface area contributed by atoms with E-state index < -0.39 is 29.9 Å². The zero-order valence-corrected chi connectivity index (χ0v) is 15.2. The van der Waals surface area contributed by atoms with Crippen molar-refractivity contribution in [1.29, 1.82) is 0 Å². The van der Waals surface area contributed by atoms with Crippen molar-refractivity contribution in [2.75, 3.05) is 13.7 Å². The summed E-state index contributed by atoms with van der Waals surface area (Å²) in [6.07, 6.45) is 1.03. The number of ether oxygens (including phenoxy) is 1. The molecule has 1 aromatic rings. The second-order valence-electron chi connectivity index (χ2n) is 5.70. The number of carbonyl (C=O) groups excluding carboxylic acids is 2. The highest BCUT2D eigenvalue weighted by molar-refractivity contribution is 6.37. The summed E-state index contributed by atoms with van der Waals surface area (Å²) in [5.74, 6) is -1.77. The number of carbonyl (C=O) groups is 3. The van der Waals surface area contributed by atoms with Crippen molar-refractivity contribution in [3.8, 4) is 5.75 Å². The summed E-state index contributed by atoms with van der Waals surface area (Å²) in [7, 11) is 1.41. The van der Waals surface area contributed by atoms with E-state index in [1.54, 1.807) is 0 Å². The van der Waals surface area contributed by atoms with E-state index in [1.807, 2.05) is 0 Å². The summed E-state index contributed by atoms with van der Waals surface area (Å²) < 4.78 is 5.02. The van der Waals surface area contributed by atoms with Crippen LogP contribution >= 0.6 is 23.2 Å². The van der Waals surface area contributed by atoms with Crippen LogP contribution in [-0.2, 0) is 9.59 Å². The number of hydrogen-bond acceptors (Lipinski definition) is 4. The Bertz CT molecular complexity index is 687. The van der Waals surface area contributed by atoms with Crippen LogP contribution in [0.1, 0.15) is 30.1 Å². The minimum Gasteiger partial charge on any atom is -0.494 e. The molecule has 1 aliphatic heterocycles. The number of amides is 2. The first kappa shape index (κ1) is 19.3. The molecule has 1 aromatic carbocycles. The molecule has 0 spiro atoms. The Balaban J connectivity index is 2.10. The monoisotopic (exact) mass is 388 g/mol. The van der Waals surface area contributed by atoms with Gasteiger partial charge in [0.15, 0.2) is 5.75 Å². The van der Waals surface area contributed by atoms with E-state index in [0.29, 0.717) is 19.4 Å². The first-order valence-corrected chi connectivity index (χ1v) is 8.39. The third-order valence-electron chi connectivity index (χ3n) is 4.00. The number of hydrogen-bond donors (Lipinski definition) is 2. The van der Waals surface area contributed by atoms with E-state index >= 15 is 0 Å². The molecule has 1 aliphatic rings. The predicted octanol–water partition coefficient (Wildman–Crippen LogP) is 2.20. The first-order valence-electron chi connectivity index (χ1n) is 7.63. The fourth-order valence-electron chi connectivity index (χ4n) is 2.76. The highest BCUT2D eigenvalue weighted by Gasteiger charge is 2.36. The van der Waals surface area contributed by atoms with Crippen LogP contribution in [-0.4, -0.2) is 53.5 Å². The Labute approximate surface area is 154 Å². The Morgan fingerprint density at radius 3 is 2.44 bits per heavy atom. The van der Waals surface area contributed by atoms with Gasteiger partial charge in [-0.15, -0.1) is 0 Å². The van der Waals surface area contributed by atoms with Crippen molar-refractivity contribution in [3.63, 3.8) is 0 Å². The largest absolute Gasteiger partial charge is 0.494 e. The number of nitrogens with one attached hydrogen (secondary N) is 1. The molecule has 2 atom stereocenters. The van der Waals surface area contributed by atoms with E-state index in [9.17, 15) is 14.4 Å². The number of carboxylic acids is 1. The molecule has 25 heavy (non-hydrogen) atoms. The maximum absolute atomic E-state index is 12.4. The van der Waals surface area contributed by atoms with Gasteiger partial charge >= 0.3 is 5.97 Å². The van der Waals surface area contributed by atoms with Crippen molar-refractivity contribution < 1.29 is 24.2 Å². The molecular weight excluding hydrogens is 371 g/mol. The summed E-state index contributed by atoms with van der Waals surface area (Å²) >= 11 is 12.0. The van der Waals surface area contributed by atoms with E-state index in [4.69, 9.17) is 33.0 Å². The molecule has 7 nitrogen and oxygen atoms in total. The number of rotatable bonds is 5. The molecular formula is C16H18Cl2N2O5. The number of benzene rings is 1. The average molecular weight is 389 g/mol. The fourth-order valence-corrected chi connectivity index (χ4v) is 3.41. The SMILES string of the molecule is COc1c(Cl)cc(C(=O)NC(C)C(=O)N2CCCC2C(=O)O)cc1Cl. The minimum atomic E-state index is -1.04. The molecule has 0 radical (unpaired) electrons. The Morgan fingerprint density at radius 1 is 1.32 bits per heavy atom. The maximum Gasteiger partial charge on any atom is 0.326 e. The molecule has 2 amide bonds. The lowest BCUT2D eigenvalue weighted by Crippen LogP contribution is -2.50. The van der Waals surface area contributed by atoms with Crippen LogP contribution in [0.5, 0.6) is 5.75 Å². The van der Waals surface area contributed by atoms with E-state index in [-0.39, 0.29) is 21.4 Å². The normalized spacial score (nSPS) is 17.9. The Kier molecular flexibility index (Phi) is 6.13. The van der Waals surface area contributed by atoms with Crippen LogP contribution in [0.15, 0.2) is 12.1 Å². The number of halogens is 2. The van der Waals surface area contributed by atoms with Gasteiger partial charge < -0.3 is 20.1 Å². The summed E-state index contributed by atoms with van der Waals surface area (Å²) in [4.78, 5) is 37.2. The average Bonchev–Trinajstić information content (AvgIpc) is 3.03. The molecule has 1 fully saturated rings. The molecule has 2 rings (SSSR count). The second kappa shape index (κ2) is 7.93. The second-order valence-corrected chi connectivity index (χ2v) is 6.51. The lowest BCUT2D eigenvalue weighted by atomic mass is 10.1. The molecule has 2 N–H and O–H groups in total. The lowest BCUT2D eigenvalue weighted by Gasteiger charge is -2.25. The molecule has 1 heterocycles. The zero-order valence-electron chi connectivity index (χ0n) is 13.7. The van der Waals surface area contributed by atoms with Crippen LogP contribution in [0.3, 0.4) is 0 Å². The zero-order chi connectivity index (χ0) is 18.7. The van der Waals surface area contributed by atoms with Crippen molar-refractivity contribution in [1.82, 2.24) is 10.2 Å². The number of methoxy groups -OCH3 is 1. The summed E-state index contributed by atoms with van der Waals surface area (Å²) in [6, 6.07) is 1.03. The van der Waals surface area contributed by atoms with E-state index in [0.717, 1.165) is 0 Å². The number of likely N-dealkylation sites (tertiary alicyclic amines) is 1. The van der Waals surface area contributed by atoms with Crippen LogP contribution in [0.25, 0.3) is 0 Å². The molecule has 136 valence electrons. The van der Waals surface area contributed by atoms with Gasteiger partial charge in [-0.2, -0.15) is 0 Å². The van der Waals surface area contributed by atoms with E-state index in [1.165, 1.54) is 31.1 Å². The summed E-state index contributed by atoms with van der Waals surface area (Å²) in [6.45, 7) is 1.86. The third-order valence-corrected chi connectivity index (χ3v) is 4.57. The van der Waals surface area contributed by atoms with Crippen molar-refractivity contribution in [2.24, 2.45) is 0 Å². The number of nitrogens with zero attached hydrogens (tertiary/aromatic N) is 1. The van der Waals surface area contributed by atoms with Gasteiger partial charge in [0.25, 0.3) is 5.91 Å². The van der Waals surface area contributed by atoms with Gasteiger partial charge in [0.1, 0.15) is 12.1 Å². The van der Waals surface area contributed by atoms with Gasteiger partial charge in [-0.25, -0.2) is 4.79 Å². The van der Waals surface area contributed by atoms with Gasteiger partial charge in [-0.3, -0.25) is 9.59 Å². The predicted molar refractivity (Wildman–Crippen MR) is 92.3 cm³/mol. The quantitative estimate of drug-likeness (QED) is 0.805. The van der Waals surface area contributed by atoms with Crippen molar-refractivity contribution in [2.45, 2.75) is 31.8 Å². The van der Waals surface area contributed by atoms with Crippen LogP contribution < -0.4 is 10.1 Å². The summed E-state index contributed by atoms with van der Waals surface area (Å²) in [5, 5.41) is 12.0. The van der Waals surface area contributed by atoms with Gasteiger partial charge in [-0.1, -0.05) is 23.2 Å². The molecule has 0 bridgehead atoms. The lowest BCUT2D eigenvalue weighted by molar-refractivity contribution is -0.148. The van der Waals surface area contributed by atoms with Crippen LogP contribution in [0.2, 0.25) is 10.0 Å². The summed E-state index contributed by atoms with van der Waals surface area (Å²) in [5.41, 5.74) is 0.173. The highest BCUT2D eigenvalue weighted by atomic mass is 35.5. The van der Waals surface area contributed by atoms with E-state index in [2.05, 4.69) is 5.32 Å². The molecule has 0 aliphatic carbocycles. The Morgan fingerprint density at radius 2 is 1.92 bits per heavy atom. The van der Waals surface area contributed by atoms with Gasteiger partial charge in [0.05, 0.1) is 17.2 Å². The smallest absolute Gasteiger partial charge is 0.326 e. The Hall–Kier alpha value is -1.99. The standard InChI is InChI=1S/C16H18Cl2N2O5/c1-8(15(22)20-5-3-4-12(20)16(23)24)19-14(21)9-6-10(17)13(25-2)11(18)7-9/h6-8,12H,3-5H2,1-2H3,(H,19,21)(H,23,24). The van der Waals surface area contributed by atoms with Gasteiger partial charge in [-0.05, 0) is 31.9 Å². The van der Waals surface area contributed by atoms with Crippen LogP contribution in [0.4, 0.5) is 0 Å². The fraction of sp³-hybridized carbons (Fsp3) is 0.438. The van der Waals surface area contributed by atoms with Gasteiger partial charge in [0.2, 0.25) is 5.91 Å². The molecule has 0 aromatic heterocycles. The van der Waals surface area contributed by atoms with Crippen LogP contribution in [0, 0.1) is 0 Å². The van der Waals surface area contributed by atoms with Gasteiger partial charge in [0, 0.05) is 12.1 Å². The van der Waals surface area contributed by atoms with Crippen molar-refractivity contribution >= 4 is 41.0 Å². The molecule has 9 heteroatoms. The first-order chi connectivity index (χ1) is 11.8. The molecule has 1 saturated heterocycles. The van der Waals surface area contributed by atoms with Crippen molar-refractivity contribution in [3.05, 3.63) is 27.7 Å².